The fourth-order valence-electron chi connectivity index (χ4n) is 2.14. The zero-order valence-corrected chi connectivity index (χ0v) is 9.36. The van der Waals surface area contributed by atoms with Gasteiger partial charge in [-0.2, -0.15) is 0 Å². The lowest BCUT2D eigenvalue weighted by atomic mass is 10.0. The van der Waals surface area contributed by atoms with Gasteiger partial charge >= 0.3 is 0 Å². The molecule has 0 saturated heterocycles. The van der Waals surface area contributed by atoms with Crippen LogP contribution in [0.4, 0.5) is 0 Å². The summed E-state index contributed by atoms with van der Waals surface area (Å²) in [5.74, 6) is 1.08. The van der Waals surface area contributed by atoms with Crippen LogP contribution in [-0.4, -0.2) is 31.2 Å². The maximum atomic E-state index is 4.13. The van der Waals surface area contributed by atoms with Crippen molar-refractivity contribution < 1.29 is 0 Å². The molecule has 2 heterocycles. The summed E-state index contributed by atoms with van der Waals surface area (Å²) >= 11 is 0. The molecule has 0 saturated carbocycles. The highest BCUT2D eigenvalue weighted by atomic mass is 15.3. The van der Waals surface area contributed by atoms with E-state index in [2.05, 4.69) is 47.4 Å². The lowest BCUT2D eigenvalue weighted by Crippen LogP contribution is -2.51. The molecule has 1 aromatic heterocycles. The third-order valence-electron chi connectivity index (χ3n) is 2.86. The van der Waals surface area contributed by atoms with Crippen molar-refractivity contribution in [3.8, 4) is 0 Å². The highest BCUT2D eigenvalue weighted by Gasteiger charge is 2.31. The average molecular weight is 194 g/mol. The molecule has 0 aliphatic carbocycles. The molecule has 1 aliphatic heterocycles. The van der Waals surface area contributed by atoms with Crippen LogP contribution in [0.5, 0.6) is 0 Å². The number of fused-ring (bicyclic) bond motifs is 1. The second kappa shape index (κ2) is 3.05. The lowest BCUT2D eigenvalue weighted by molar-refractivity contribution is 0.0505. The predicted molar refractivity (Wildman–Crippen MR) is 54.8 cm³/mol. The van der Waals surface area contributed by atoms with Gasteiger partial charge in [0.05, 0.1) is 6.54 Å². The predicted octanol–water partition coefficient (Wildman–Crippen LogP) is 1.28. The van der Waals surface area contributed by atoms with Gasteiger partial charge in [-0.3, -0.25) is 4.90 Å². The van der Waals surface area contributed by atoms with E-state index in [-0.39, 0.29) is 5.54 Å². The Bertz CT molecular complexity index is 323. The van der Waals surface area contributed by atoms with Crippen molar-refractivity contribution in [3.05, 3.63) is 12.2 Å². The summed E-state index contributed by atoms with van der Waals surface area (Å²) in [6.07, 6.45) is 1.83. The Morgan fingerprint density at radius 2 is 2.14 bits per heavy atom. The van der Waals surface area contributed by atoms with Crippen LogP contribution in [-0.2, 0) is 13.1 Å². The van der Waals surface area contributed by atoms with Crippen molar-refractivity contribution in [1.82, 2.24) is 19.7 Å². The van der Waals surface area contributed by atoms with Crippen molar-refractivity contribution >= 4 is 0 Å². The molecule has 0 aromatic carbocycles. The SMILES string of the molecule is C[C@@H]1Cn2cnnc2CN1C(C)(C)C. The number of nitrogens with zero attached hydrogens (tertiary/aromatic N) is 4. The molecule has 4 nitrogen and oxygen atoms in total. The van der Waals surface area contributed by atoms with Crippen molar-refractivity contribution in [2.75, 3.05) is 0 Å². The Morgan fingerprint density at radius 3 is 2.79 bits per heavy atom. The van der Waals surface area contributed by atoms with Crippen LogP contribution >= 0.6 is 0 Å². The van der Waals surface area contributed by atoms with Gasteiger partial charge in [-0.15, -0.1) is 10.2 Å². The van der Waals surface area contributed by atoms with Gasteiger partial charge in [0, 0.05) is 18.1 Å². The van der Waals surface area contributed by atoms with E-state index in [1.54, 1.807) is 0 Å². The van der Waals surface area contributed by atoms with Crippen LogP contribution in [0, 0.1) is 0 Å². The van der Waals surface area contributed by atoms with Crippen LogP contribution < -0.4 is 0 Å². The Hall–Kier alpha value is -0.900. The molecule has 0 bridgehead atoms. The van der Waals surface area contributed by atoms with E-state index in [0.717, 1.165) is 18.9 Å². The molecule has 14 heavy (non-hydrogen) atoms. The van der Waals surface area contributed by atoms with Crippen molar-refractivity contribution in [3.63, 3.8) is 0 Å². The average Bonchev–Trinajstić information content (AvgIpc) is 2.47. The van der Waals surface area contributed by atoms with Gasteiger partial charge in [0.2, 0.25) is 0 Å². The van der Waals surface area contributed by atoms with Crippen LogP contribution in [0.25, 0.3) is 0 Å². The van der Waals surface area contributed by atoms with E-state index in [0.29, 0.717) is 6.04 Å². The molecule has 0 fully saturated rings. The van der Waals surface area contributed by atoms with Crippen LogP contribution in [0.1, 0.15) is 33.5 Å². The number of hydrogen-bond donors (Lipinski definition) is 0. The monoisotopic (exact) mass is 194 g/mol. The molecule has 4 heteroatoms. The summed E-state index contributed by atoms with van der Waals surface area (Å²) in [5.41, 5.74) is 0.205. The van der Waals surface area contributed by atoms with Gasteiger partial charge in [0.1, 0.15) is 12.2 Å². The summed E-state index contributed by atoms with van der Waals surface area (Å²) in [5, 5.41) is 8.07. The highest BCUT2D eigenvalue weighted by molar-refractivity contribution is 4.96. The largest absolute Gasteiger partial charge is 0.315 e. The topological polar surface area (TPSA) is 34.0 Å². The molecule has 0 N–H and O–H groups in total. The number of hydrogen-bond acceptors (Lipinski definition) is 3. The quantitative estimate of drug-likeness (QED) is 0.624. The standard InChI is InChI=1S/C10H18N4/c1-8-5-13-7-11-12-9(13)6-14(8)10(2,3)4/h7-8H,5-6H2,1-4H3/t8-/m1/s1. The molecule has 2 rings (SSSR count). The first-order valence-electron chi connectivity index (χ1n) is 5.12. The number of aromatic nitrogens is 3. The molecule has 0 amide bonds. The molecular weight excluding hydrogens is 176 g/mol. The lowest BCUT2D eigenvalue weighted by Gasteiger charge is -2.42. The molecule has 0 radical (unpaired) electrons. The molecule has 78 valence electrons. The fraction of sp³-hybridized carbons (Fsp3) is 0.800. The summed E-state index contributed by atoms with van der Waals surface area (Å²) < 4.78 is 2.15. The summed E-state index contributed by atoms with van der Waals surface area (Å²) in [4.78, 5) is 2.47. The minimum Gasteiger partial charge on any atom is -0.315 e. The zero-order chi connectivity index (χ0) is 10.3. The maximum Gasteiger partial charge on any atom is 0.147 e. The zero-order valence-electron chi connectivity index (χ0n) is 9.36. The first-order chi connectivity index (χ1) is 6.48. The van der Waals surface area contributed by atoms with E-state index >= 15 is 0 Å². The number of rotatable bonds is 0. The van der Waals surface area contributed by atoms with E-state index < -0.39 is 0 Å². The van der Waals surface area contributed by atoms with Crippen molar-refractivity contribution in [2.24, 2.45) is 0 Å². The van der Waals surface area contributed by atoms with Gasteiger partial charge < -0.3 is 4.57 Å². The Kier molecular flexibility index (Phi) is 2.10. The van der Waals surface area contributed by atoms with Gasteiger partial charge in [-0.1, -0.05) is 0 Å². The first kappa shape index (κ1) is 9.65. The van der Waals surface area contributed by atoms with Gasteiger partial charge in [-0.25, -0.2) is 0 Å². The normalized spacial score (nSPS) is 23.6. The summed E-state index contributed by atoms with van der Waals surface area (Å²) in [6.45, 7) is 10.9. The van der Waals surface area contributed by atoms with E-state index in [4.69, 9.17) is 0 Å². The van der Waals surface area contributed by atoms with Crippen LogP contribution in [0.15, 0.2) is 6.33 Å². The van der Waals surface area contributed by atoms with Crippen LogP contribution in [0.2, 0.25) is 0 Å². The minimum atomic E-state index is 0.205. The van der Waals surface area contributed by atoms with E-state index in [9.17, 15) is 0 Å². The van der Waals surface area contributed by atoms with Crippen LogP contribution in [0.3, 0.4) is 0 Å². The third-order valence-corrected chi connectivity index (χ3v) is 2.86. The van der Waals surface area contributed by atoms with E-state index in [1.165, 1.54) is 0 Å². The first-order valence-corrected chi connectivity index (χ1v) is 5.12. The fourth-order valence-corrected chi connectivity index (χ4v) is 2.14. The Labute approximate surface area is 84.9 Å². The molecule has 1 atom stereocenters. The molecule has 0 spiro atoms. The minimum absolute atomic E-state index is 0.205. The van der Waals surface area contributed by atoms with E-state index in [1.807, 2.05) is 6.33 Å². The molecule has 1 aromatic rings. The molecule has 0 unspecified atom stereocenters. The summed E-state index contributed by atoms with van der Waals surface area (Å²) in [6, 6.07) is 0.554. The second-order valence-electron chi connectivity index (χ2n) is 5.05. The van der Waals surface area contributed by atoms with Gasteiger partial charge in [-0.05, 0) is 27.7 Å². The Morgan fingerprint density at radius 1 is 1.43 bits per heavy atom. The third kappa shape index (κ3) is 1.54. The van der Waals surface area contributed by atoms with Gasteiger partial charge in [0.15, 0.2) is 0 Å². The Balaban J connectivity index is 2.26. The van der Waals surface area contributed by atoms with Crippen molar-refractivity contribution in [2.45, 2.75) is 52.4 Å². The molecular formula is C10H18N4. The van der Waals surface area contributed by atoms with Gasteiger partial charge in [0.25, 0.3) is 0 Å². The maximum absolute atomic E-state index is 4.13. The van der Waals surface area contributed by atoms with Crippen molar-refractivity contribution in [1.29, 1.82) is 0 Å². The molecule has 1 aliphatic rings. The summed E-state index contributed by atoms with van der Waals surface area (Å²) in [7, 11) is 0. The highest BCUT2D eigenvalue weighted by Crippen LogP contribution is 2.24. The second-order valence-corrected chi connectivity index (χ2v) is 5.05. The smallest absolute Gasteiger partial charge is 0.147 e.